The molecule has 2 aromatic heterocycles. The number of nitrogens with zero attached hydrogens (tertiary/aromatic N) is 2. The SMILES string of the molecule is CC(C)(C)[Si](C)(C)OCc1ccc2ncsc2n1. The summed E-state index contributed by atoms with van der Waals surface area (Å²) in [6.45, 7) is 11.9. The molecule has 0 unspecified atom stereocenters. The highest BCUT2D eigenvalue weighted by Gasteiger charge is 2.37. The molecule has 0 atom stereocenters. The summed E-state index contributed by atoms with van der Waals surface area (Å²) in [7, 11) is -1.69. The Balaban J connectivity index is 2.10. The highest BCUT2D eigenvalue weighted by molar-refractivity contribution is 7.16. The molecule has 0 saturated carbocycles. The van der Waals surface area contributed by atoms with Crippen molar-refractivity contribution in [3.63, 3.8) is 0 Å². The van der Waals surface area contributed by atoms with E-state index in [0.717, 1.165) is 16.0 Å². The second-order valence-corrected chi connectivity index (χ2v) is 11.7. The van der Waals surface area contributed by atoms with Crippen LogP contribution in [0.25, 0.3) is 10.3 Å². The molecule has 0 aliphatic heterocycles. The third-order valence-corrected chi connectivity index (χ3v) is 8.85. The van der Waals surface area contributed by atoms with Crippen LogP contribution in [0.5, 0.6) is 0 Å². The minimum Gasteiger partial charge on any atom is -0.411 e. The van der Waals surface area contributed by atoms with Crippen LogP contribution in [0.15, 0.2) is 17.6 Å². The predicted octanol–water partition coefficient (Wildman–Crippen LogP) is 4.21. The van der Waals surface area contributed by atoms with E-state index in [2.05, 4.69) is 43.8 Å². The lowest BCUT2D eigenvalue weighted by molar-refractivity contribution is 0.272. The van der Waals surface area contributed by atoms with E-state index in [1.54, 1.807) is 11.3 Å². The highest BCUT2D eigenvalue weighted by atomic mass is 32.1. The van der Waals surface area contributed by atoms with E-state index >= 15 is 0 Å². The maximum Gasteiger partial charge on any atom is 0.192 e. The van der Waals surface area contributed by atoms with E-state index in [1.807, 2.05) is 17.6 Å². The van der Waals surface area contributed by atoms with Crippen molar-refractivity contribution in [2.24, 2.45) is 0 Å². The zero-order chi connectivity index (χ0) is 13.4. The van der Waals surface area contributed by atoms with Crippen LogP contribution in [-0.2, 0) is 11.0 Å². The van der Waals surface area contributed by atoms with Gasteiger partial charge in [0, 0.05) is 0 Å². The molecule has 0 N–H and O–H groups in total. The first-order chi connectivity index (χ1) is 8.29. The second-order valence-electron chi connectivity index (χ2n) is 6.03. The van der Waals surface area contributed by atoms with Gasteiger partial charge in [0.1, 0.15) is 4.83 Å². The number of fused-ring (bicyclic) bond motifs is 1. The lowest BCUT2D eigenvalue weighted by Crippen LogP contribution is -2.40. The summed E-state index contributed by atoms with van der Waals surface area (Å²) in [5, 5.41) is 0.238. The quantitative estimate of drug-likeness (QED) is 0.790. The zero-order valence-electron chi connectivity index (χ0n) is 11.7. The molecule has 0 aliphatic carbocycles. The fraction of sp³-hybridized carbons (Fsp3) is 0.538. The average Bonchev–Trinajstić information content (AvgIpc) is 2.71. The molecule has 0 aromatic carbocycles. The number of hydrogen-bond acceptors (Lipinski definition) is 4. The smallest absolute Gasteiger partial charge is 0.192 e. The van der Waals surface area contributed by atoms with E-state index in [1.165, 1.54) is 0 Å². The van der Waals surface area contributed by atoms with Crippen molar-refractivity contribution in [2.45, 2.75) is 45.5 Å². The van der Waals surface area contributed by atoms with Gasteiger partial charge in [-0.25, -0.2) is 9.97 Å². The van der Waals surface area contributed by atoms with Gasteiger partial charge in [0.25, 0.3) is 0 Å². The van der Waals surface area contributed by atoms with Crippen LogP contribution in [0.2, 0.25) is 18.1 Å². The number of rotatable bonds is 3. The van der Waals surface area contributed by atoms with Gasteiger partial charge >= 0.3 is 0 Å². The predicted molar refractivity (Wildman–Crippen MR) is 79.4 cm³/mol. The van der Waals surface area contributed by atoms with Crippen molar-refractivity contribution >= 4 is 30.0 Å². The fourth-order valence-corrected chi connectivity index (χ4v) is 2.96. The Hall–Kier alpha value is -0.783. The number of hydrogen-bond donors (Lipinski definition) is 0. The molecule has 2 rings (SSSR count). The molecule has 0 amide bonds. The van der Waals surface area contributed by atoms with Gasteiger partial charge < -0.3 is 4.43 Å². The highest BCUT2D eigenvalue weighted by Crippen LogP contribution is 2.37. The van der Waals surface area contributed by atoms with Crippen LogP contribution >= 0.6 is 11.3 Å². The molecule has 3 nitrogen and oxygen atoms in total. The number of pyridine rings is 1. The normalized spacial score (nSPS) is 13.2. The first-order valence-corrected chi connectivity index (χ1v) is 9.91. The maximum atomic E-state index is 6.17. The maximum absolute atomic E-state index is 6.17. The van der Waals surface area contributed by atoms with Crippen molar-refractivity contribution < 1.29 is 4.43 Å². The summed E-state index contributed by atoms with van der Waals surface area (Å²) in [5.41, 5.74) is 3.79. The molecule has 98 valence electrons. The average molecular weight is 280 g/mol. The molecule has 0 saturated heterocycles. The molecule has 5 heteroatoms. The first-order valence-electron chi connectivity index (χ1n) is 6.13. The van der Waals surface area contributed by atoms with Gasteiger partial charge in [-0.3, -0.25) is 0 Å². The van der Waals surface area contributed by atoms with Crippen LogP contribution in [0, 0.1) is 0 Å². The lowest BCUT2D eigenvalue weighted by atomic mass is 10.2. The second kappa shape index (κ2) is 4.72. The van der Waals surface area contributed by atoms with Gasteiger partial charge in [-0.1, -0.05) is 20.8 Å². The Kier molecular flexibility index (Phi) is 3.57. The molecule has 0 spiro atoms. The third kappa shape index (κ3) is 2.79. The first kappa shape index (κ1) is 13.6. The van der Waals surface area contributed by atoms with Crippen molar-refractivity contribution in [3.8, 4) is 0 Å². The Morgan fingerprint density at radius 3 is 2.67 bits per heavy atom. The van der Waals surface area contributed by atoms with Crippen LogP contribution in [0.4, 0.5) is 0 Å². The summed E-state index contributed by atoms with van der Waals surface area (Å²) in [4.78, 5) is 9.80. The van der Waals surface area contributed by atoms with E-state index in [4.69, 9.17) is 4.43 Å². The summed E-state index contributed by atoms with van der Waals surface area (Å²) < 4.78 is 6.17. The van der Waals surface area contributed by atoms with Gasteiger partial charge in [0.15, 0.2) is 8.32 Å². The van der Waals surface area contributed by atoms with Gasteiger partial charge in [-0.2, -0.15) is 0 Å². The Labute approximate surface area is 113 Å². The minimum absolute atomic E-state index is 0.238. The molecule has 2 aromatic rings. The van der Waals surface area contributed by atoms with Gasteiger partial charge in [0.05, 0.1) is 23.3 Å². The van der Waals surface area contributed by atoms with Crippen molar-refractivity contribution in [1.29, 1.82) is 0 Å². The van der Waals surface area contributed by atoms with Crippen molar-refractivity contribution in [1.82, 2.24) is 9.97 Å². The molecule has 0 bridgehead atoms. The molecule has 18 heavy (non-hydrogen) atoms. The Morgan fingerprint density at radius 2 is 2.00 bits per heavy atom. The third-order valence-electron chi connectivity index (χ3n) is 3.64. The van der Waals surface area contributed by atoms with E-state index < -0.39 is 8.32 Å². The van der Waals surface area contributed by atoms with Crippen molar-refractivity contribution in [2.75, 3.05) is 0 Å². The van der Waals surface area contributed by atoms with Crippen LogP contribution in [0.1, 0.15) is 26.5 Å². The summed E-state index contributed by atoms with van der Waals surface area (Å²) in [6, 6.07) is 4.03. The van der Waals surface area contributed by atoms with Crippen LogP contribution in [0.3, 0.4) is 0 Å². The standard InChI is InChI=1S/C13H20N2OSSi/c1-13(2,3)18(4,5)16-8-10-6-7-11-12(15-10)17-9-14-11/h6-7,9H,8H2,1-5H3. The van der Waals surface area contributed by atoms with Gasteiger partial charge in [-0.15, -0.1) is 11.3 Å². The Morgan fingerprint density at radius 1 is 1.28 bits per heavy atom. The molecule has 0 fully saturated rings. The largest absolute Gasteiger partial charge is 0.411 e. The van der Waals surface area contributed by atoms with E-state index in [-0.39, 0.29) is 5.04 Å². The lowest BCUT2D eigenvalue weighted by Gasteiger charge is -2.36. The monoisotopic (exact) mass is 280 g/mol. The summed E-state index contributed by atoms with van der Waals surface area (Å²) >= 11 is 1.57. The Bertz CT molecular complexity index is 545. The molecule has 0 radical (unpaired) electrons. The van der Waals surface area contributed by atoms with Crippen LogP contribution in [-0.4, -0.2) is 18.3 Å². The summed E-state index contributed by atoms with van der Waals surface area (Å²) in [5.74, 6) is 0. The molecule has 0 aliphatic rings. The molecular weight excluding hydrogens is 260 g/mol. The molecular formula is C13H20N2OSSi. The zero-order valence-corrected chi connectivity index (χ0v) is 13.5. The number of aromatic nitrogens is 2. The van der Waals surface area contributed by atoms with Crippen LogP contribution < -0.4 is 0 Å². The fourth-order valence-electron chi connectivity index (χ4n) is 1.34. The van der Waals surface area contributed by atoms with E-state index in [0.29, 0.717) is 6.61 Å². The summed E-state index contributed by atoms with van der Waals surface area (Å²) in [6.07, 6.45) is 0. The van der Waals surface area contributed by atoms with Gasteiger partial charge in [-0.05, 0) is 30.3 Å². The number of thiazole rings is 1. The topological polar surface area (TPSA) is 35.0 Å². The van der Waals surface area contributed by atoms with Crippen molar-refractivity contribution in [3.05, 3.63) is 23.3 Å². The minimum atomic E-state index is -1.69. The van der Waals surface area contributed by atoms with E-state index in [9.17, 15) is 0 Å². The van der Waals surface area contributed by atoms with Gasteiger partial charge in [0.2, 0.25) is 0 Å². The molecule has 2 heterocycles.